The molecular weight excluding hydrogens is 703 g/mol. The summed E-state index contributed by atoms with van der Waals surface area (Å²) < 4.78 is 6.03. The van der Waals surface area contributed by atoms with Gasteiger partial charge < -0.3 is 0 Å². The monoisotopic (exact) mass is 772 g/mol. The third-order valence-electron chi connectivity index (χ3n) is 15.9. The van der Waals surface area contributed by atoms with Crippen LogP contribution in [0.5, 0.6) is 0 Å². The summed E-state index contributed by atoms with van der Waals surface area (Å²) in [7, 11) is 0. The Morgan fingerprint density at radius 3 is 2.17 bits per heavy atom. The van der Waals surface area contributed by atoms with Crippen molar-refractivity contribution in [3.05, 3.63) is 29.3 Å². The maximum absolute atomic E-state index is 13.8. The van der Waals surface area contributed by atoms with Crippen molar-refractivity contribution in [1.29, 1.82) is 0 Å². The van der Waals surface area contributed by atoms with Gasteiger partial charge in [0.15, 0.2) is 0 Å². The summed E-state index contributed by atoms with van der Waals surface area (Å²) in [5, 5.41) is 38.6. The molecule has 1 aromatic carbocycles. The van der Waals surface area contributed by atoms with Gasteiger partial charge in [-0.15, -0.1) is 0 Å². The first-order chi connectivity index (χ1) is 22.8. The molecule has 1 heterocycles. The Hall–Kier alpha value is -0.181. The fourth-order valence-electron chi connectivity index (χ4n) is 13.6. The Kier molecular flexibility index (Phi) is 9.61. The Balaban J connectivity index is 1.37. The number of rotatable bonds is 10. The van der Waals surface area contributed by atoms with E-state index in [4.69, 9.17) is 9.78 Å². The summed E-state index contributed by atoms with van der Waals surface area (Å²) in [6, 6.07) is 7.68. The molecule has 1 saturated heterocycles. The van der Waals surface area contributed by atoms with E-state index in [2.05, 4.69) is 59.7 Å². The standard InChI is InChI=1S/C30H41O5.3C4H9.Sn/c1-25(2)16-27(35-34-18-25)12-13-28-14-19-6-4-5-7-20(19)23-15-26(3)21(8-9-24(26)31)22(30(23,28)33)10-11-29(28,32)17-27;3*1-3-4-2;/h5-7,21-24,31-33H,8-18H2,1-3H3;3*1,3-4H2,2H3;/t21-,22-,23+,24-,26-,27?,28+,29+,30-;;;;/m0..../s1. The van der Waals surface area contributed by atoms with E-state index in [0.717, 1.165) is 51.4 Å². The van der Waals surface area contributed by atoms with Gasteiger partial charge in [-0.1, -0.05) is 0 Å². The zero-order valence-electron chi connectivity index (χ0n) is 31.3. The molecule has 1 aromatic rings. The zero-order valence-corrected chi connectivity index (χ0v) is 34.2. The molecule has 5 aliphatic carbocycles. The van der Waals surface area contributed by atoms with Crippen molar-refractivity contribution in [3.63, 3.8) is 0 Å². The molecule has 1 aliphatic heterocycles. The van der Waals surface area contributed by atoms with Crippen molar-refractivity contribution in [3.8, 4) is 0 Å². The molecular formula is C42H68O5Sn. The van der Waals surface area contributed by atoms with Crippen LogP contribution >= 0.6 is 0 Å². The number of fused-ring (bicyclic) bond motifs is 4. The van der Waals surface area contributed by atoms with Crippen LogP contribution in [0.15, 0.2) is 18.2 Å². The summed E-state index contributed by atoms with van der Waals surface area (Å²) in [6.45, 7) is 14.5. The molecule has 6 aliphatic rings. The number of hydrogen-bond donors (Lipinski definition) is 3. The van der Waals surface area contributed by atoms with Gasteiger partial charge in [0.25, 0.3) is 0 Å². The van der Waals surface area contributed by atoms with Crippen LogP contribution in [0.4, 0.5) is 0 Å². The van der Waals surface area contributed by atoms with Gasteiger partial charge in [-0.25, -0.2) is 0 Å². The normalized spacial score (nSPS) is 42.9. The van der Waals surface area contributed by atoms with Crippen LogP contribution in [0.1, 0.15) is 155 Å². The van der Waals surface area contributed by atoms with Crippen molar-refractivity contribution in [2.45, 2.75) is 186 Å². The first-order valence-electron chi connectivity index (χ1n) is 20.3. The quantitative estimate of drug-likeness (QED) is 0.164. The molecule has 3 N–H and O–H groups in total. The van der Waals surface area contributed by atoms with E-state index in [1.54, 1.807) is 3.58 Å². The predicted octanol–water partition coefficient (Wildman–Crippen LogP) is 8.72. The van der Waals surface area contributed by atoms with Gasteiger partial charge in [0.1, 0.15) is 0 Å². The second kappa shape index (κ2) is 12.7. The van der Waals surface area contributed by atoms with E-state index in [1.807, 2.05) is 0 Å². The fourth-order valence-corrected chi connectivity index (χ4v) is 29.6. The first-order valence-corrected chi connectivity index (χ1v) is 27.8. The molecule has 270 valence electrons. The molecule has 7 rings (SSSR count). The van der Waals surface area contributed by atoms with Gasteiger partial charge in [0.05, 0.1) is 0 Å². The first kappa shape index (κ1) is 36.2. The van der Waals surface area contributed by atoms with Crippen LogP contribution in [0.2, 0.25) is 13.3 Å². The van der Waals surface area contributed by atoms with Crippen molar-refractivity contribution < 1.29 is 25.1 Å². The summed E-state index contributed by atoms with van der Waals surface area (Å²) in [4.78, 5) is 12.1. The van der Waals surface area contributed by atoms with Crippen LogP contribution < -0.4 is 3.58 Å². The molecule has 0 amide bonds. The van der Waals surface area contributed by atoms with Crippen LogP contribution in [-0.4, -0.2) is 63.2 Å². The Labute approximate surface area is 296 Å². The molecule has 1 unspecified atom stereocenters. The number of benzene rings is 1. The van der Waals surface area contributed by atoms with Crippen LogP contribution in [0.3, 0.4) is 0 Å². The zero-order chi connectivity index (χ0) is 34.2. The van der Waals surface area contributed by atoms with E-state index >= 15 is 0 Å². The molecule has 4 saturated carbocycles. The van der Waals surface area contributed by atoms with Crippen molar-refractivity contribution in [2.24, 2.45) is 28.1 Å². The molecule has 0 radical (unpaired) electrons. The van der Waals surface area contributed by atoms with E-state index in [9.17, 15) is 15.3 Å². The number of aliphatic hydroxyl groups excluding tert-OH is 1. The molecule has 5 fully saturated rings. The SMILES string of the molecule is CCC[CH2][Sn]([CH2]CCC)([CH2]CCC)[c]1ccc2c(c1)C[C@]13CCC4(CC(C)(C)COO4)C[C@]1(O)CC[C@H]1[C@@H]4CC[C@H](O)[C@@]4(C)C[C@H]2[C@@]13O. The molecule has 0 aromatic heterocycles. The van der Waals surface area contributed by atoms with Gasteiger partial charge >= 0.3 is 297 Å². The minimum atomic E-state index is -2.73. The van der Waals surface area contributed by atoms with Gasteiger partial charge in [-0.2, -0.15) is 0 Å². The molecule has 5 nitrogen and oxygen atoms in total. The van der Waals surface area contributed by atoms with E-state index in [1.165, 1.54) is 63.0 Å². The molecule has 6 heteroatoms. The second-order valence-electron chi connectivity index (χ2n) is 19.3. The van der Waals surface area contributed by atoms with Crippen LogP contribution in [0.25, 0.3) is 0 Å². The average Bonchev–Trinajstić information content (AvgIpc) is 3.33. The Bertz CT molecular complexity index is 1330. The van der Waals surface area contributed by atoms with E-state index in [-0.39, 0.29) is 28.8 Å². The van der Waals surface area contributed by atoms with Gasteiger partial charge in [0.2, 0.25) is 0 Å². The summed E-state index contributed by atoms with van der Waals surface area (Å²) in [6.07, 6.45) is 15.4. The molecule has 0 bridgehead atoms. The van der Waals surface area contributed by atoms with E-state index in [0.29, 0.717) is 25.4 Å². The number of hydrogen-bond acceptors (Lipinski definition) is 5. The number of aliphatic hydroxyl groups is 3. The van der Waals surface area contributed by atoms with Crippen molar-refractivity contribution >= 4 is 22.0 Å². The Morgan fingerprint density at radius 1 is 0.833 bits per heavy atom. The second-order valence-corrected chi connectivity index (χ2v) is 32.5. The summed E-state index contributed by atoms with van der Waals surface area (Å²) in [5.74, 6) is 0.320. The van der Waals surface area contributed by atoms with Crippen molar-refractivity contribution in [2.75, 3.05) is 6.61 Å². The minimum absolute atomic E-state index is 0.0117. The third-order valence-corrected chi connectivity index (χ3v) is 31.5. The van der Waals surface area contributed by atoms with Crippen molar-refractivity contribution in [1.82, 2.24) is 0 Å². The van der Waals surface area contributed by atoms with Crippen LogP contribution in [0, 0.1) is 28.1 Å². The maximum atomic E-state index is 13.8. The third kappa shape index (κ3) is 5.30. The predicted molar refractivity (Wildman–Crippen MR) is 196 cm³/mol. The van der Waals surface area contributed by atoms with Gasteiger partial charge in [-0.3, -0.25) is 0 Å². The van der Waals surface area contributed by atoms with Gasteiger partial charge in [-0.05, 0) is 0 Å². The topological polar surface area (TPSA) is 79.2 Å². The fraction of sp³-hybridized carbons (Fsp3) is 0.857. The van der Waals surface area contributed by atoms with Gasteiger partial charge in [0, 0.05) is 0 Å². The molecule has 48 heavy (non-hydrogen) atoms. The Morgan fingerprint density at radius 2 is 1.52 bits per heavy atom. The summed E-state index contributed by atoms with van der Waals surface area (Å²) in [5.41, 5.74) is -0.626. The average molecular weight is 772 g/mol. The van der Waals surface area contributed by atoms with E-state index < -0.39 is 40.6 Å². The molecule has 2 spiro atoms. The summed E-state index contributed by atoms with van der Waals surface area (Å²) >= 11 is -2.73. The molecule has 9 atom stereocenters. The number of unbranched alkanes of at least 4 members (excludes halogenated alkanes) is 3. The van der Waals surface area contributed by atoms with Crippen LogP contribution in [-0.2, 0) is 16.2 Å².